The van der Waals surface area contributed by atoms with Gasteiger partial charge in [-0.2, -0.15) is 14.0 Å². The molecule has 46 heavy (non-hydrogen) atoms. The Hall–Kier alpha value is -3.95. The molecule has 0 aliphatic heterocycles. The third-order valence-electron chi connectivity index (χ3n) is 6.57. The molecule has 238 valence electrons. The van der Waals surface area contributed by atoms with Gasteiger partial charge < -0.3 is 4.74 Å². The molecular weight excluding hydrogens is 675 g/mol. The second-order valence-electron chi connectivity index (χ2n) is 9.34. The van der Waals surface area contributed by atoms with Gasteiger partial charge in [-0.25, -0.2) is 22.0 Å². The summed E-state index contributed by atoms with van der Waals surface area (Å²) in [6, 6.07) is 24.8. The first-order valence-electron chi connectivity index (χ1n) is 12.9. The Labute approximate surface area is 267 Å². The van der Waals surface area contributed by atoms with Crippen LogP contribution in [-0.2, 0) is 3.74 Å². The fraction of sp³-hybridized carbons (Fsp3) is 0.0312. The molecule has 0 saturated carbocycles. The first-order chi connectivity index (χ1) is 21.9. The molecule has 0 bridgehead atoms. The van der Waals surface area contributed by atoms with E-state index in [0.717, 1.165) is 36.0 Å². The first kappa shape index (κ1) is 33.4. The van der Waals surface area contributed by atoms with Crippen molar-refractivity contribution < 1.29 is 59.4 Å². The fourth-order valence-corrected chi connectivity index (χ4v) is 9.68. The number of ether oxygens (including phenoxy) is 1. The average Bonchev–Trinajstić information content (AvgIpc) is 3.06. The van der Waals surface area contributed by atoms with Crippen LogP contribution in [0.5, 0.6) is 5.75 Å². The molecule has 5 rings (SSSR count). The smallest absolute Gasteiger partial charge is 0.200 e. The summed E-state index contributed by atoms with van der Waals surface area (Å²) in [4.78, 5) is 11.7. The lowest BCUT2D eigenvalue weighted by Gasteiger charge is -2.35. The summed E-state index contributed by atoms with van der Waals surface area (Å²) in [5.41, 5.74) is 0.804. The number of hydrogen-bond acceptors (Lipinski definition) is 7. The average molecular weight is 695 g/mol. The van der Waals surface area contributed by atoms with Crippen LogP contribution in [0.4, 0.5) is 22.0 Å². The Kier molecular flexibility index (Phi) is 9.75. The second kappa shape index (κ2) is 13.4. The van der Waals surface area contributed by atoms with E-state index in [1.807, 2.05) is 0 Å². The van der Waals surface area contributed by atoms with Crippen LogP contribution >= 0.6 is 22.1 Å². The summed E-state index contributed by atoms with van der Waals surface area (Å²) < 4.78 is 120. The Morgan fingerprint density at radius 3 is 1.72 bits per heavy atom. The van der Waals surface area contributed by atoms with E-state index in [4.69, 9.17) is 8.47 Å². The number of carbonyl (C=O) groups excluding carboxylic acids is 1. The number of halogens is 6. The minimum absolute atomic E-state index is 0.187. The predicted octanol–water partition coefficient (Wildman–Crippen LogP) is 5.88. The monoisotopic (exact) mass is 694 g/mol. The summed E-state index contributed by atoms with van der Waals surface area (Å²) >= 11 is 1.11. The highest BCUT2D eigenvalue weighted by molar-refractivity contribution is 8.29. The maximum atomic E-state index is 15.5. The number of rotatable bonds is 10. The summed E-state index contributed by atoms with van der Waals surface area (Å²) in [6.07, 6.45) is 0. The van der Waals surface area contributed by atoms with E-state index in [2.05, 4.69) is 0 Å². The molecule has 5 aromatic rings. The van der Waals surface area contributed by atoms with Crippen LogP contribution in [0, 0.1) is 39.3 Å². The van der Waals surface area contributed by atoms with Gasteiger partial charge in [-0.15, -0.1) is 0 Å². The molecule has 0 saturated heterocycles. The van der Waals surface area contributed by atoms with Crippen molar-refractivity contribution in [1.82, 2.24) is 0 Å². The topological polar surface area (TPSA) is 105 Å². The maximum absolute atomic E-state index is 15.5. The summed E-state index contributed by atoms with van der Waals surface area (Å²) in [7, 11) is -8.76. The van der Waals surface area contributed by atoms with E-state index in [1.54, 1.807) is 54.6 Å². The lowest BCUT2D eigenvalue weighted by atomic mass is 10.0. The summed E-state index contributed by atoms with van der Waals surface area (Å²) in [5, 5.41) is 0. The highest BCUT2D eigenvalue weighted by Gasteiger charge is 2.52. The van der Waals surface area contributed by atoms with Gasteiger partial charge in [0, 0.05) is 30.7 Å². The van der Waals surface area contributed by atoms with Gasteiger partial charge in [-0.3, -0.25) is 4.79 Å². The molecule has 1 atom stereocenters. The summed E-state index contributed by atoms with van der Waals surface area (Å²) in [5.74, 6) is -12.1. The van der Waals surface area contributed by atoms with Gasteiger partial charge >= 0.3 is 0 Å². The lowest BCUT2D eigenvalue weighted by molar-refractivity contribution is -1.91. The van der Waals surface area contributed by atoms with Gasteiger partial charge in [-0.1, -0.05) is 54.2 Å². The van der Waals surface area contributed by atoms with E-state index in [-0.39, 0.29) is 11.5 Å². The Morgan fingerprint density at radius 2 is 1.17 bits per heavy atom. The zero-order valence-corrected chi connectivity index (χ0v) is 25.7. The van der Waals surface area contributed by atoms with E-state index in [9.17, 15) is 31.9 Å². The van der Waals surface area contributed by atoms with Crippen LogP contribution in [0.1, 0.15) is 15.9 Å². The standard InChI is InChI=1S/C32H20ClF5O6S2/c1-43-20-11-15-22(16-12-20)46(44-33(40,41)42,32-29(37)27(35)26(34)28(36)30(32)38)23-17-13-21(14-18-23)45-25-10-6-5-9-24(25)31(39)19-7-3-2-4-8-19/h2-18H,1H3. The Balaban J connectivity index is 1.68. The van der Waals surface area contributed by atoms with Crippen LogP contribution in [0.3, 0.4) is 0 Å². The minimum atomic E-state index is -5.53. The van der Waals surface area contributed by atoms with Gasteiger partial charge in [0.1, 0.15) is 24.7 Å². The first-order valence-corrected chi connectivity index (χ1v) is 16.6. The van der Waals surface area contributed by atoms with Gasteiger partial charge in [0.2, 0.25) is 5.82 Å². The predicted molar refractivity (Wildman–Crippen MR) is 150 cm³/mol. The Morgan fingerprint density at radius 1 is 0.674 bits per heavy atom. The molecule has 0 radical (unpaired) electrons. The van der Waals surface area contributed by atoms with Crippen molar-refractivity contribution in [2.45, 2.75) is 24.5 Å². The molecule has 0 fully saturated rings. The van der Waals surface area contributed by atoms with Crippen molar-refractivity contribution in [3.63, 3.8) is 0 Å². The molecule has 5 aromatic carbocycles. The van der Waals surface area contributed by atoms with E-state index in [1.165, 1.54) is 31.4 Å². The van der Waals surface area contributed by atoms with Crippen LogP contribution in [0.15, 0.2) is 128 Å². The molecule has 0 N–H and O–H groups in total. The molecule has 0 aromatic heterocycles. The van der Waals surface area contributed by atoms with E-state index < -0.39 is 64.3 Å². The molecule has 1 unspecified atom stereocenters. The highest BCUT2D eigenvalue weighted by atomic mass is 35.7. The van der Waals surface area contributed by atoms with Crippen molar-refractivity contribution in [2.24, 2.45) is 0 Å². The molecule has 0 heterocycles. The number of benzene rings is 5. The molecule has 14 heteroatoms. The zero-order valence-electron chi connectivity index (χ0n) is 23.3. The quantitative estimate of drug-likeness (QED) is 0.0778. The van der Waals surface area contributed by atoms with Crippen molar-refractivity contribution >= 4 is 27.9 Å². The minimum Gasteiger partial charge on any atom is -0.497 e. The van der Waals surface area contributed by atoms with Crippen LogP contribution in [-0.4, -0.2) is 12.9 Å². The molecule has 6 nitrogen and oxygen atoms in total. The van der Waals surface area contributed by atoms with Crippen LogP contribution < -0.4 is 18.7 Å². The van der Waals surface area contributed by atoms with Crippen LogP contribution in [0.25, 0.3) is 0 Å². The number of methoxy groups -OCH3 is 1. The van der Waals surface area contributed by atoms with E-state index in [0.29, 0.717) is 20.9 Å². The molecule has 0 aliphatic carbocycles. The fourth-order valence-electron chi connectivity index (χ4n) is 4.51. The number of hydrogen-bond donors (Lipinski definition) is 0. The van der Waals surface area contributed by atoms with Crippen molar-refractivity contribution in [3.05, 3.63) is 143 Å². The third kappa shape index (κ3) is 6.48. The van der Waals surface area contributed by atoms with Crippen molar-refractivity contribution in [2.75, 3.05) is 7.11 Å². The SMILES string of the molecule is COc1ccc(S(O[Cl+3]([O-])([O-])[O-])(c2ccc(Sc3ccccc3C(=O)c3ccccc3)cc2)c2c(F)c(F)c(F)c(F)c2F)cc1. The number of carbonyl (C=O) groups is 1. The molecule has 0 amide bonds. The summed E-state index contributed by atoms with van der Waals surface area (Å²) in [6.45, 7) is 0. The highest BCUT2D eigenvalue weighted by Crippen LogP contribution is 2.71. The Bertz CT molecular complexity index is 1860. The van der Waals surface area contributed by atoms with Gasteiger partial charge in [0.05, 0.1) is 17.4 Å². The normalized spacial score (nSPS) is 13.6. The second-order valence-corrected chi connectivity index (χ2v) is 14.2. The third-order valence-corrected chi connectivity index (χ3v) is 11.8. The van der Waals surface area contributed by atoms with Gasteiger partial charge in [0.25, 0.3) is 0 Å². The van der Waals surface area contributed by atoms with Crippen molar-refractivity contribution in [1.29, 1.82) is 0 Å². The van der Waals surface area contributed by atoms with Crippen molar-refractivity contribution in [3.8, 4) is 5.75 Å². The van der Waals surface area contributed by atoms with Crippen LogP contribution in [0.2, 0.25) is 0 Å². The molecule has 0 aliphatic rings. The maximum Gasteiger partial charge on any atom is 0.200 e. The lowest BCUT2D eigenvalue weighted by Crippen LogP contribution is -2.61. The zero-order chi connectivity index (χ0) is 33.2. The molecular formula is C32H20ClF5O6S2. The largest absolute Gasteiger partial charge is 0.497 e. The molecule has 0 spiro atoms. The van der Waals surface area contributed by atoms with Gasteiger partial charge in [-0.05, 0) is 60.7 Å². The van der Waals surface area contributed by atoms with E-state index >= 15 is 8.78 Å². The van der Waals surface area contributed by atoms with Gasteiger partial charge in [0.15, 0.2) is 29.1 Å². The number of ketones is 1.